The molecule has 2 aliphatic carbocycles. The number of aromatic nitrogens is 1. The van der Waals surface area contributed by atoms with Crippen LogP contribution in [0.15, 0.2) is 18.3 Å². The van der Waals surface area contributed by atoms with Crippen molar-refractivity contribution in [1.29, 1.82) is 0 Å². The number of hydrogen-bond donors (Lipinski definition) is 1. The highest BCUT2D eigenvalue weighted by Crippen LogP contribution is 2.38. The van der Waals surface area contributed by atoms with Crippen molar-refractivity contribution in [3.8, 4) is 0 Å². The van der Waals surface area contributed by atoms with Crippen LogP contribution in [-0.2, 0) is 6.54 Å². The molecule has 1 aliphatic heterocycles. The summed E-state index contributed by atoms with van der Waals surface area (Å²) in [5.41, 5.74) is 1.32. The number of fused-ring (bicyclic) bond motifs is 1. The maximum atomic E-state index is 4.74. The van der Waals surface area contributed by atoms with Crippen LogP contribution in [0.5, 0.6) is 0 Å². The van der Waals surface area contributed by atoms with Gasteiger partial charge in [-0.15, -0.1) is 0 Å². The third-order valence-electron chi connectivity index (χ3n) is 5.29. The Hall–Kier alpha value is -1.09. The lowest BCUT2D eigenvalue weighted by atomic mass is 9.85. The molecule has 1 saturated heterocycles. The van der Waals surface area contributed by atoms with Crippen molar-refractivity contribution in [3.63, 3.8) is 0 Å². The summed E-state index contributed by atoms with van der Waals surface area (Å²) in [7, 11) is 0. The van der Waals surface area contributed by atoms with Crippen molar-refractivity contribution < 1.29 is 0 Å². The molecule has 3 fully saturated rings. The Labute approximate surface area is 121 Å². The summed E-state index contributed by atoms with van der Waals surface area (Å²) in [5, 5.41) is 3.55. The van der Waals surface area contributed by atoms with Crippen molar-refractivity contribution in [3.05, 3.63) is 23.9 Å². The minimum atomic E-state index is 0.770. The van der Waals surface area contributed by atoms with Crippen molar-refractivity contribution in [2.45, 2.75) is 63.6 Å². The topological polar surface area (TPSA) is 28.2 Å². The van der Waals surface area contributed by atoms with Crippen LogP contribution < -0.4 is 10.2 Å². The zero-order valence-corrected chi connectivity index (χ0v) is 12.2. The third-order valence-corrected chi connectivity index (χ3v) is 5.29. The lowest BCUT2D eigenvalue weighted by molar-refractivity contribution is 0.341. The van der Waals surface area contributed by atoms with E-state index in [1.165, 1.54) is 62.9 Å². The molecule has 3 heteroatoms. The SMILES string of the molecule is c1cc(N2CCC3CCCCC32)ncc1CNC1CC1. The highest BCUT2D eigenvalue weighted by atomic mass is 15.2. The van der Waals surface area contributed by atoms with Gasteiger partial charge < -0.3 is 10.2 Å². The second-order valence-electron chi connectivity index (χ2n) is 6.77. The quantitative estimate of drug-likeness (QED) is 0.912. The van der Waals surface area contributed by atoms with E-state index in [9.17, 15) is 0 Å². The van der Waals surface area contributed by atoms with Gasteiger partial charge in [0.25, 0.3) is 0 Å². The van der Waals surface area contributed by atoms with Gasteiger partial charge in [0.15, 0.2) is 0 Å². The number of rotatable bonds is 4. The van der Waals surface area contributed by atoms with Crippen LogP contribution in [0.25, 0.3) is 0 Å². The molecule has 3 nitrogen and oxygen atoms in total. The first-order chi connectivity index (χ1) is 9.90. The van der Waals surface area contributed by atoms with Gasteiger partial charge in [0, 0.05) is 31.4 Å². The largest absolute Gasteiger partial charge is 0.353 e. The van der Waals surface area contributed by atoms with Crippen molar-refractivity contribution >= 4 is 5.82 Å². The van der Waals surface area contributed by atoms with Gasteiger partial charge in [0.2, 0.25) is 0 Å². The van der Waals surface area contributed by atoms with Gasteiger partial charge in [-0.3, -0.25) is 0 Å². The molecular weight excluding hydrogens is 246 g/mol. The molecule has 108 valence electrons. The van der Waals surface area contributed by atoms with Gasteiger partial charge in [-0.25, -0.2) is 4.98 Å². The van der Waals surface area contributed by atoms with E-state index >= 15 is 0 Å². The Bertz CT molecular complexity index is 452. The second-order valence-corrected chi connectivity index (χ2v) is 6.77. The molecule has 0 bridgehead atoms. The van der Waals surface area contributed by atoms with E-state index < -0.39 is 0 Å². The third kappa shape index (κ3) is 2.56. The van der Waals surface area contributed by atoms with E-state index in [0.29, 0.717) is 0 Å². The molecule has 1 aromatic rings. The Kier molecular flexibility index (Phi) is 3.39. The zero-order valence-electron chi connectivity index (χ0n) is 12.2. The number of nitrogens with zero attached hydrogens (tertiary/aromatic N) is 2. The van der Waals surface area contributed by atoms with Gasteiger partial charge in [0.05, 0.1) is 0 Å². The molecule has 2 saturated carbocycles. The molecule has 1 N–H and O–H groups in total. The number of anilines is 1. The van der Waals surface area contributed by atoms with Crippen molar-refractivity contribution in [1.82, 2.24) is 10.3 Å². The fraction of sp³-hybridized carbons (Fsp3) is 0.706. The summed E-state index contributed by atoms with van der Waals surface area (Å²) in [5.74, 6) is 2.14. The molecule has 0 spiro atoms. The monoisotopic (exact) mass is 271 g/mol. The average molecular weight is 271 g/mol. The minimum Gasteiger partial charge on any atom is -0.353 e. The van der Waals surface area contributed by atoms with Crippen molar-refractivity contribution in [2.75, 3.05) is 11.4 Å². The molecule has 3 aliphatic rings. The summed E-state index contributed by atoms with van der Waals surface area (Å²) in [6.45, 7) is 2.19. The molecule has 2 atom stereocenters. The average Bonchev–Trinajstić information content (AvgIpc) is 3.23. The molecular formula is C17H25N3. The molecule has 4 rings (SSSR count). The standard InChI is InChI=1S/C17H25N3/c1-2-4-16-14(3-1)9-10-20(16)17-8-5-13(12-19-17)11-18-15-6-7-15/h5,8,12,14-16,18H,1-4,6-7,9-11H2. The Morgan fingerprint density at radius 3 is 2.80 bits per heavy atom. The van der Waals surface area contributed by atoms with E-state index in [1.807, 2.05) is 0 Å². The summed E-state index contributed by atoms with van der Waals surface area (Å²) in [6, 6.07) is 6.04. The normalized spacial score (nSPS) is 29.5. The van der Waals surface area contributed by atoms with Gasteiger partial charge in [-0.2, -0.15) is 0 Å². The van der Waals surface area contributed by atoms with Gasteiger partial charge >= 0.3 is 0 Å². The summed E-state index contributed by atoms with van der Waals surface area (Å²) >= 11 is 0. The lowest BCUT2D eigenvalue weighted by Crippen LogP contribution is -2.35. The van der Waals surface area contributed by atoms with E-state index in [-0.39, 0.29) is 0 Å². The Morgan fingerprint density at radius 2 is 2.00 bits per heavy atom. The highest BCUT2D eigenvalue weighted by molar-refractivity contribution is 5.42. The van der Waals surface area contributed by atoms with Crippen LogP contribution in [0.3, 0.4) is 0 Å². The first-order valence-electron chi connectivity index (χ1n) is 8.35. The smallest absolute Gasteiger partial charge is 0.128 e. The van der Waals surface area contributed by atoms with Gasteiger partial charge in [0.1, 0.15) is 5.82 Å². The molecule has 0 amide bonds. The van der Waals surface area contributed by atoms with Gasteiger partial charge in [-0.1, -0.05) is 18.9 Å². The Morgan fingerprint density at radius 1 is 1.10 bits per heavy atom. The number of nitrogens with one attached hydrogen (secondary N) is 1. The van der Waals surface area contributed by atoms with Gasteiger partial charge in [-0.05, 0) is 49.7 Å². The number of hydrogen-bond acceptors (Lipinski definition) is 3. The minimum absolute atomic E-state index is 0.770. The van der Waals surface area contributed by atoms with Crippen LogP contribution in [0, 0.1) is 5.92 Å². The summed E-state index contributed by atoms with van der Waals surface area (Å²) < 4.78 is 0. The van der Waals surface area contributed by atoms with Crippen molar-refractivity contribution in [2.24, 2.45) is 5.92 Å². The van der Waals surface area contributed by atoms with E-state index in [4.69, 9.17) is 4.98 Å². The van der Waals surface area contributed by atoms with E-state index in [1.54, 1.807) is 0 Å². The van der Waals surface area contributed by atoms with E-state index in [2.05, 4.69) is 28.5 Å². The fourth-order valence-corrected chi connectivity index (χ4v) is 3.93. The van der Waals surface area contributed by atoms with Crippen LogP contribution in [0.2, 0.25) is 0 Å². The predicted octanol–water partition coefficient (Wildman–Crippen LogP) is 3.10. The van der Waals surface area contributed by atoms with Crippen LogP contribution >= 0.6 is 0 Å². The first kappa shape index (κ1) is 12.6. The second kappa shape index (κ2) is 5.36. The molecule has 2 heterocycles. The molecule has 1 aromatic heterocycles. The maximum absolute atomic E-state index is 4.74. The van der Waals surface area contributed by atoms with E-state index in [0.717, 1.165) is 24.5 Å². The Balaban J connectivity index is 1.42. The fourth-order valence-electron chi connectivity index (χ4n) is 3.93. The summed E-state index contributed by atoms with van der Waals surface area (Å²) in [4.78, 5) is 7.31. The van der Waals surface area contributed by atoms with Crippen LogP contribution in [-0.4, -0.2) is 23.6 Å². The number of pyridine rings is 1. The van der Waals surface area contributed by atoms with Crippen LogP contribution in [0.1, 0.15) is 50.5 Å². The maximum Gasteiger partial charge on any atom is 0.128 e. The lowest BCUT2D eigenvalue weighted by Gasteiger charge is -2.32. The first-order valence-corrected chi connectivity index (χ1v) is 8.35. The highest BCUT2D eigenvalue weighted by Gasteiger charge is 2.36. The zero-order chi connectivity index (χ0) is 13.4. The summed E-state index contributed by atoms with van der Waals surface area (Å²) in [6.07, 6.45) is 11.8. The predicted molar refractivity (Wildman–Crippen MR) is 81.8 cm³/mol. The molecule has 0 radical (unpaired) electrons. The molecule has 2 unspecified atom stereocenters. The molecule has 20 heavy (non-hydrogen) atoms. The molecule has 0 aromatic carbocycles. The van der Waals surface area contributed by atoms with Crippen LogP contribution in [0.4, 0.5) is 5.82 Å².